The Hall–Kier alpha value is -0.210. The number of hydrogen-bond donors (Lipinski definition) is 0. The summed E-state index contributed by atoms with van der Waals surface area (Å²) in [5.74, 6) is 0.847. The van der Waals surface area contributed by atoms with Gasteiger partial charge >= 0.3 is 0 Å². The Kier molecular flexibility index (Phi) is 4.75. The molecule has 0 spiro atoms. The summed E-state index contributed by atoms with van der Waals surface area (Å²) in [5.41, 5.74) is 2.54. The smallest absolute Gasteiger partial charge is 0.0642 e. The van der Waals surface area contributed by atoms with Crippen LogP contribution in [0.25, 0.3) is 0 Å². The van der Waals surface area contributed by atoms with Crippen molar-refractivity contribution in [1.82, 2.24) is 0 Å². The average Bonchev–Trinajstić information content (AvgIpc) is 2.77. The highest BCUT2D eigenvalue weighted by Crippen LogP contribution is 2.35. The van der Waals surface area contributed by atoms with Crippen molar-refractivity contribution in [2.75, 3.05) is 18.0 Å². The third-order valence-corrected chi connectivity index (χ3v) is 4.42. The van der Waals surface area contributed by atoms with E-state index < -0.39 is 0 Å². The van der Waals surface area contributed by atoms with Gasteiger partial charge in [0.25, 0.3) is 0 Å². The minimum absolute atomic E-state index is 0.847. The molecule has 1 aromatic rings. The second kappa shape index (κ2) is 6.10. The maximum Gasteiger partial charge on any atom is 0.0642 e. The van der Waals surface area contributed by atoms with Crippen LogP contribution in [0.5, 0.6) is 0 Å². The van der Waals surface area contributed by atoms with Crippen LogP contribution in [0.2, 0.25) is 5.02 Å². The second-order valence-electron chi connectivity index (χ2n) is 4.77. The maximum absolute atomic E-state index is 6.35. The molecule has 1 atom stereocenters. The van der Waals surface area contributed by atoms with Gasteiger partial charge in [0.15, 0.2) is 0 Å². The molecule has 0 radical (unpaired) electrons. The van der Waals surface area contributed by atoms with E-state index in [1.165, 1.54) is 30.5 Å². The van der Waals surface area contributed by atoms with E-state index in [1.54, 1.807) is 0 Å². The highest BCUT2D eigenvalue weighted by Gasteiger charge is 2.24. The zero-order chi connectivity index (χ0) is 12.3. The molecule has 1 unspecified atom stereocenters. The van der Waals surface area contributed by atoms with Crippen molar-refractivity contribution in [3.63, 3.8) is 0 Å². The minimum atomic E-state index is 0.847. The van der Waals surface area contributed by atoms with Gasteiger partial charge in [0.1, 0.15) is 0 Å². The normalized spacial score (nSPS) is 19.9. The molecule has 0 aromatic heterocycles. The quantitative estimate of drug-likeness (QED) is 0.717. The highest BCUT2D eigenvalue weighted by molar-refractivity contribution is 9.08. The Morgan fingerprint density at radius 2 is 2.29 bits per heavy atom. The lowest BCUT2D eigenvalue weighted by Crippen LogP contribution is -2.21. The van der Waals surface area contributed by atoms with E-state index in [9.17, 15) is 0 Å². The molecule has 17 heavy (non-hydrogen) atoms. The van der Waals surface area contributed by atoms with Crippen molar-refractivity contribution in [3.05, 3.63) is 28.8 Å². The third-order valence-electron chi connectivity index (χ3n) is 3.51. The van der Waals surface area contributed by atoms with Crippen LogP contribution >= 0.6 is 27.5 Å². The Bertz CT molecular complexity index is 380. The molecule has 0 saturated carbocycles. The van der Waals surface area contributed by atoms with Gasteiger partial charge in [0, 0.05) is 18.4 Å². The first-order chi connectivity index (χ1) is 8.26. The van der Waals surface area contributed by atoms with Crippen molar-refractivity contribution >= 4 is 33.2 Å². The molecule has 94 valence electrons. The van der Waals surface area contributed by atoms with E-state index in [1.807, 2.05) is 12.1 Å². The fourth-order valence-corrected chi connectivity index (χ4v) is 3.47. The van der Waals surface area contributed by atoms with Crippen molar-refractivity contribution in [1.29, 1.82) is 0 Å². The van der Waals surface area contributed by atoms with Crippen LogP contribution in [0.1, 0.15) is 31.7 Å². The molecular formula is C14H19BrClN. The molecule has 1 aliphatic heterocycles. The molecular weight excluding hydrogens is 298 g/mol. The predicted octanol–water partition coefficient (Wildman–Crippen LogP) is 4.86. The van der Waals surface area contributed by atoms with Gasteiger partial charge < -0.3 is 4.90 Å². The van der Waals surface area contributed by atoms with Gasteiger partial charge in [-0.2, -0.15) is 0 Å². The summed E-state index contributed by atoms with van der Waals surface area (Å²) in [6.45, 7) is 4.58. The van der Waals surface area contributed by atoms with Gasteiger partial charge in [-0.3, -0.25) is 0 Å². The fraction of sp³-hybridized carbons (Fsp3) is 0.571. The largest absolute Gasteiger partial charge is 0.370 e. The molecule has 3 heteroatoms. The zero-order valence-electron chi connectivity index (χ0n) is 10.3. The number of anilines is 1. The standard InChI is InChI=1S/C14H19BrClN/c1-2-4-11-7-8-17(10-11)14-12(9-15)5-3-6-13(14)16/h3,5-6,11H,2,4,7-10H2,1H3. The first-order valence-electron chi connectivity index (χ1n) is 6.34. The summed E-state index contributed by atoms with van der Waals surface area (Å²) in [7, 11) is 0. The lowest BCUT2D eigenvalue weighted by atomic mass is 10.0. The monoisotopic (exact) mass is 315 g/mol. The number of para-hydroxylation sites is 1. The van der Waals surface area contributed by atoms with Crippen LogP contribution in [-0.4, -0.2) is 13.1 Å². The van der Waals surface area contributed by atoms with E-state index in [0.717, 1.165) is 29.4 Å². The van der Waals surface area contributed by atoms with Gasteiger partial charge in [0.05, 0.1) is 10.7 Å². The van der Waals surface area contributed by atoms with E-state index in [4.69, 9.17) is 11.6 Å². The van der Waals surface area contributed by atoms with Crippen molar-refractivity contribution in [2.45, 2.75) is 31.5 Å². The third kappa shape index (κ3) is 2.97. The number of nitrogens with zero attached hydrogens (tertiary/aromatic N) is 1. The summed E-state index contributed by atoms with van der Waals surface area (Å²) in [5, 5.41) is 1.76. The van der Waals surface area contributed by atoms with Crippen LogP contribution in [0, 0.1) is 5.92 Å². The zero-order valence-corrected chi connectivity index (χ0v) is 12.6. The highest BCUT2D eigenvalue weighted by atomic mass is 79.9. The molecule has 0 bridgehead atoms. The van der Waals surface area contributed by atoms with Crippen molar-refractivity contribution in [3.8, 4) is 0 Å². The van der Waals surface area contributed by atoms with Crippen LogP contribution in [-0.2, 0) is 5.33 Å². The lowest BCUT2D eigenvalue weighted by molar-refractivity contribution is 0.530. The van der Waals surface area contributed by atoms with Gasteiger partial charge in [-0.05, 0) is 30.4 Å². The molecule has 1 aliphatic rings. The SMILES string of the molecule is CCCC1CCN(c2c(Cl)cccc2CBr)C1. The fourth-order valence-electron chi connectivity index (χ4n) is 2.70. The predicted molar refractivity (Wildman–Crippen MR) is 79.3 cm³/mol. The molecule has 2 rings (SSSR count). The van der Waals surface area contributed by atoms with E-state index in [0.29, 0.717) is 0 Å². The molecule has 1 fully saturated rings. The number of hydrogen-bond acceptors (Lipinski definition) is 1. The Morgan fingerprint density at radius 3 is 3.00 bits per heavy atom. The molecule has 0 aliphatic carbocycles. The number of rotatable bonds is 4. The van der Waals surface area contributed by atoms with E-state index in [2.05, 4.69) is 33.8 Å². The number of halogens is 2. The molecule has 1 heterocycles. The molecule has 0 amide bonds. The van der Waals surface area contributed by atoms with Crippen LogP contribution in [0.4, 0.5) is 5.69 Å². The maximum atomic E-state index is 6.35. The Labute approximate surface area is 117 Å². The minimum Gasteiger partial charge on any atom is -0.370 e. The van der Waals surface area contributed by atoms with Gasteiger partial charge in [-0.25, -0.2) is 0 Å². The summed E-state index contributed by atoms with van der Waals surface area (Å²) in [6, 6.07) is 6.18. The lowest BCUT2D eigenvalue weighted by Gasteiger charge is -2.23. The number of benzene rings is 1. The first-order valence-corrected chi connectivity index (χ1v) is 7.84. The molecule has 0 N–H and O–H groups in total. The van der Waals surface area contributed by atoms with Crippen LogP contribution in [0.3, 0.4) is 0 Å². The molecule has 1 nitrogen and oxygen atoms in total. The first kappa shape index (κ1) is 13.2. The van der Waals surface area contributed by atoms with Crippen molar-refractivity contribution < 1.29 is 0 Å². The van der Waals surface area contributed by atoms with E-state index >= 15 is 0 Å². The summed E-state index contributed by atoms with van der Waals surface area (Å²) in [6.07, 6.45) is 3.93. The Balaban J connectivity index is 2.18. The summed E-state index contributed by atoms with van der Waals surface area (Å²) >= 11 is 9.90. The summed E-state index contributed by atoms with van der Waals surface area (Å²) < 4.78 is 0. The topological polar surface area (TPSA) is 3.24 Å². The number of alkyl halides is 1. The van der Waals surface area contributed by atoms with Crippen LogP contribution < -0.4 is 4.90 Å². The average molecular weight is 317 g/mol. The second-order valence-corrected chi connectivity index (χ2v) is 5.74. The van der Waals surface area contributed by atoms with Gasteiger partial charge in [-0.15, -0.1) is 0 Å². The van der Waals surface area contributed by atoms with E-state index in [-0.39, 0.29) is 0 Å². The van der Waals surface area contributed by atoms with Gasteiger partial charge in [0.2, 0.25) is 0 Å². The van der Waals surface area contributed by atoms with Crippen molar-refractivity contribution in [2.24, 2.45) is 5.92 Å². The Morgan fingerprint density at radius 1 is 1.47 bits per heavy atom. The van der Waals surface area contributed by atoms with Gasteiger partial charge in [-0.1, -0.05) is 53.0 Å². The molecule has 1 aromatic carbocycles. The molecule has 1 saturated heterocycles. The van der Waals surface area contributed by atoms with Crippen LogP contribution in [0.15, 0.2) is 18.2 Å². The summed E-state index contributed by atoms with van der Waals surface area (Å²) in [4.78, 5) is 2.46.